The summed E-state index contributed by atoms with van der Waals surface area (Å²) in [7, 11) is 0. The van der Waals surface area contributed by atoms with Crippen molar-refractivity contribution in [1.82, 2.24) is 20.0 Å². The van der Waals surface area contributed by atoms with Crippen LogP contribution in [0.1, 0.15) is 31.2 Å². The van der Waals surface area contributed by atoms with Crippen LogP contribution in [0.15, 0.2) is 22.2 Å². The number of hydrogen-bond donors (Lipinski definition) is 1. The molecule has 0 aliphatic carbocycles. The zero-order valence-corrected chi connectivity index (χ0v) is 12.9. The largest absolute Gasteiger partial charge is 0.381 e. The lowest BCUT2D eigenvalue weighted by Gasteiger charge is -2.07. The summed E-state index contributed by atoms with van der Waals surface area (Å²) in [5, 5.41) is 15.3. The highest BCUT2D eigenvalue weighted by Crippen LogP contribution is 2.26. The van der Waals surface area contributed by atoms with Gasteiger partial charge in [-0.15, -0.1) is 16.4 Å². The van der Waals surface area contributed by atoms with Crippen LogP contribution in [0.3, 0.4) is 0 Å². The monoisotopic (exact) mass is 305 g/mol. The van der Waals surface area contributed by atoms with E-state index >= 15 is 0 Å². The minimum atomic E-state index is 0.292. The van der Waals surface area contributed by atoms with Gasteiger partial charge < -0.3 is 5.73 Å². The SMILES string of the molecule is CC(C)c1c(N)nnn1Cc1csc(-c2ccsc2)n1. The molecule has 0 unspecified atom stereocenters. The zero-order chi connectivity index (χ0) is 14.1. The van der Waals surface area contributed by atoms with Crippen LogP contribution >= 0.6 is 22.7 Å². The van der Waals surface area contributed by atoms with Gasteiger partial charge in [0.05, 0.1) is 17.9 Å². The lowest BCUT2D eigenvalue weighted by molar-refractivity contribution is 0.592. The van der Waals surface area contributed by atoms with Crippen molar-refractivity contribution in [2.24, 2.45) is 0 Å². The van der Waals surface area contributed by atoms with Crippen LogP contribution in [-0.4, -0.2) is 20.0 Å². The van der Waals surface area contributed by atoms with Crippen molar-refractivity contribution in [3.05, 3.63) is 33.6 Å². The number of rotatable bonds is 4. The molecular weight excluding hydrogens is 290 g/mol. The molecule has 7 heteroatoms. The average molecular weight is 305 g/mol. The molecule has 5 nitrogen and oxygen atoms in total. The van der Waals surface area contributed by atoms with Crippen molar-refractivity contribution in [2.75, 3.05) is 5.73 Å². The Morgan fingerprint density at radius 2 is 2.20 bits per heavy atom. The third-order valence-corrected chi connectivity index (χ3v) is 4.60. The van der Waals surface area contributed by atoms with Crippen molar-refractivity contribution >= 4 is 28.5 Å². The van der Waals surface area contributed by atoms with Gasteiger partial charge in [0.15, 0.2) is 5.82 Å². The summed E-state index contributed by atoms with van der Waals surface area (Å²) >= 11 is 3.33. The number of nitrogen functional groups attached to an aromatic ring is 1. The van der Waals surface area contributed by atoms with Crippen LogP contribution < -0.4 is 5.73 Å². The van der Waals surface area contributed by atoms with Gasteiger partial charge in [0, 0.05) is 16.3 Å². The second-order valence-electron chi connectivity index (χ2n) is 4.83. The van der Waals surface area contributed by atoms with Crippen molar-refractivity contribution in [3.63, 3.8) is 0 Å². The molecular formula is C13H15N5S2. The molecule has 0 radical (unpaired) electrons. The first-order chi connectivity index (χ1) is 9.65. The van der Waals surface area contributed by atoms with Gasteiger partial charge in [-0.2, -0.15) is 11.3 Å². The number of thiophene rings is 1. The summed E-state index contributed by atoms with van der Waals surface area (Å²) in [4.78, 5) is 4.65. The Morgan fingerprint density at radius 1 is 1.35 bits per heavy atom. The first-order valence-corrected chi connectivity index (χ1v) is 8.13. The molecule has 2 N–H and O–H groups in total. The molecule has 0 fully saturated rings. The topological polar surface area (TPSA) is 69.6 Å². The van der Waals surface area contributed by atoms with Gasteiger partial charge in [-0.3, -0.25) is 0 Å². The normalized spacial score (nSPS) is 11.3. The molecule has 20 heavy (non-hydrogen) atoms. The average Bonchev–Trinajstić information content (AvgIpc) is 3.10. The molecule has 0 saturated carbocycles. The fourth-order valence-electron chi connectivity index (χ4n) is 2.10. The Kier molecular flexibility index (Phi) is 3.54. The van der Waals surface area contributed by atoms with E-state index in [0.717, 1.165) is 16.4 Å². The maximum atomic E-state index is 5.87. The van der Waals surface area contributed by atoms with Gasteiger partial charge in [-0.1, -0.05) is 19.1 Å². The molecule has 0 atom stereocenters. The van der Waals surface area contributed by atoms with E-state index in [-0.39, 0.29) is 0 Å². The highest BCUT2D eigenvalue weighted by atomic mass is 32.1. The first-order valence-electron chi connectivity index (χ1n) is 6.31. The molecule has 0 aromatic carbocycles. The zero-order valence-electron chi connectivity index (χ0n) is 11.3. The summed E-state index contributed by atoms with van der Waals surface area (Å²) in [6, 6.07) is 2.08. The van der Waals surface area contributed by atoms with Gasteiger partial charge in [0.25, 0.3) is 0 Å². The Bertz CT molecular complexity index is 696. The molecule has 3 aromatic rings. The van der Waals surface area contributed by atoms with E-state index in [0.29, 0.717) is 18.3 Å². The van der Waals surface area contributed by atoms with Crippen LogP contribution in [0.4, 0.5) is 5.82 Å². The summed E-state index contributed by atoms with van der Waals surface area (Å²) < 4.78 is 1.84. The molecule has 0 amide bonds. The Morgan fingerprint density at radius 3 is 2.90 bits per heavy atom. The van der Waals surface area contributed by atoms with E-state index < -0.39 is 0 Å². The quantitative estimate of drug-likeness (QED) is 0.803. The molecule has 3 heterocycles. The third-order valence-electron chi connectivity index (χ3n) is 2.98. The molecule has 3 rings (SSSR count). The van der Waals surface area contributed by atoms with Crippen LogP contribution in [0.5, 0.6) is 0 Å². The van der Waals surface area contributed by atoms with Crippen LogP contribution in [0, 0.1) is 0 Å². The number of thiazole rings is 1. The molecule has 0 spiro atoms. The highest BCUT2D eigenvalue weighted by molar-refractivity contribution is 7.14. The van der Waals surface area contributed by atoms with Crippen molar-refractivity contribution in [3.8, 4) is 10.6 Å². The van der Waals surface area contributed by atoms with Gasteiger partial charge in [0.1, 0.15) is 5.01 Å². The summed E-state index contributed by atoms with van der Waals surface area (Å²) in [6.07, 6.45) is 0. The Balaban J connectivity index is 1.85. The fraction of sp³-hybridized carbons (Fsp3) is 0.308. The van der Waals surface area contributed by atoms with Gasteiger partial charge in [0.2, 0.25) is 0 Å². The smallest absolute Gasteiger partial charge is 0.169 e. The lowest BCUT2D eigenvalue weighted by Crippen LogP contribution is -2.09. The van der Waals surface area contributed by atoms with Crippen LogP contribution in [-0.2, 0) is 6.54 Å². The third kappa shape index (κ3) is 2.46. The Hall–Kier alpha value is -1.73. The predicted octanol–water partition coefficient (Wildman–Crippen LogP) is 3.22. The number of aromatic nitrogens is 4. The summed E-state index contributed by atoms with van der Waals surface area (Å²) in [6.45, 7) is 4.78. The van der Waals surface area contributed by atoms with Crippen LogP contribution in [0.25, 0.3) is 10.6 Å². The van der Waals surface area contributed by atoms with E-state index in [1.165, 1.54) is 5.56 Å². The van der Waals surface area contributed by atoms with E-state index in [1.807, 2.05) is 4.68 Å². The lowest BCUT2D eigenvalue weighted by atomic mass is 10.1. The summed E-state index contributed by atoms with van der Waals surface area (Å²) in [5.41, 5.74) is 9.00. The number of hydrogen-bond acceptors (Lipinski definition) is 6. The van der Waals surface area contributed by atoms with E-state index in [1.54, 1.807) is 22.7 Å². The number of nitrogens with zero attached hydrogens (tertiary/aromatic N) is 4. The maximum absolute atomic E-state index is 5.87. The van der Waals surface area contributed by atoms with E-state index in [9.17, 15) is 0 Å². The second-order valence-corrected chi connectivity index (χ2v) is 6.47. The first kappa shape index (κ1) is 13.3. The number of nitrogens with two attached hydrogens (primary N) is 1. The van der Waals surface area contributed by atoms with E-state index in [4.69, 9.17) is 5.73 Å². The molecule has 0 bridgehead atoms. The minimum Gasteiger partial charge on any atom is -0.381 e. The van der Waals surface area contributed by atoms with Crippen molar-refractivity contribution in [1.29, 1.82) is 0 Å². The summed E-state index contributed by atoms with van der Waals surface area (Å²) in [5.74, 6) is 0.799. The molecule has 0 saturated heterocycles. The van der Waals surface area contributed by atoms with Gasteiger partial charge in [-0.25, -0.2) is 9.67 Å². The van der Waals surface area contributed by atoms with E-state index in [2.05, 4.69) is 51.4 Å². The van der Waals surface area contributed by atoms with Crippen molar-refractivity contribution < 1.29 is 0 Å². The standard InChI is InChI=1S/C13H15N5S2/c1-8(2)11-12(14)16-17-18(11)5-10-7-20-13(15-10)9-3-4-19-6-9/h3-4,6-8H,5,14H2,1-2H3. The maximum Gasteiger partial charge on any atom is 0.169 e. The second kappa shape index (κ2) is 5.34. The predicted molar refractivity (Wildman–Crippen MR) is 83.1 cm³/mol. The van der Waals surface area contributed by atoms with Crippen molar-refractivity contribution in [2.45, 2.75) is 26.3 Å². The van der Waals surface area contributed by atoms with Gasteiger partial charge in [-0.05, 0) is 17.4 Å². The van der Waals surface area contributed by atoms with Gasteiger partial charge >= 0.3 is 0 Å². The number of anilines is 1. The molecule has 104 valence electrons. The highest BCUT2D eigenvalue weighted by Gasteiger charge is 2.15. The molecule has 3 aromatic heterocycles. The Labute approximate surface area is 125 Å². The molecule has 0 aliphatic rings. The van der Waals surface area contributed by atoms with Crippen LogP contribution in [0.2, 0.25) is 0 Å². The minimum absolute atomic E-state index is 0.292. The fourth-order valence-corrected chi connectivity index (χ4v) is 3.62. The molecule has 0 aliphatic heterocycles.